The molecular weight excluding hydrogens is 222 g/mol. The fourth-order valence-corrected chi connectivity index (χ4v) is 1.47. The number of carbonyl (C=O) groups excluding carboxylic acids is 1. The van der Waals surface area contributed by atoms with E-state index in [1.54, 1.807) is 20.8 Å². The van der Waals surface area contributed by atoms with Crippen molar-refractivity contribution in [3.05, 3.63) is 0 Å². The first-order valence-electron chi connectivity index (χ1n) is 5.59. The average Bonchev–Trinajstić information content (AvgIpc) is 2.15. The van der Waals surface area contributed by atoms with E-state index in [2.05, 4.69) is 6.07 Å². The lowest BCUT2D eigenvalue weighted by atomic mass is 9.89. The smallest absolute Gasteiger partial charge is 0.306 e. The molecule has 96 valence electrons. The molecule has 17 heavy (non-hydrogen) atoms. The monoisotopic (exact) mass is 241 g/mol. The van der Waals surface area contributed by atoms with Gasteiger partial charge in [0.1, 0.15) is 6.10 Å². The second-order valence-corrected chi connectivity index (χ2v) is 4.75. The molecular formula is C12H19NO4. The highest BCUT2D eigenvalue weighted by atomic mass is 16.5. The predicted molar refractivity (Wildman–Crippen MR) is 61.1 cm³/mol. The number of ether oxygens (including phenoxy) is 1. The Morgan fingerprint density at radius 2 is 2.00 bits per heavy atom. The highest BCUT2D eigenvalue weighted by Gasteiger charge is 2.22. The van der Waals surface area contributed by atoms with Gasteiger partial charge in [-0.3, -0.25) is 9.59 Å². The molecule has 1 N–H and O–H groups in total. The summed E-state index contributed by atoms with van der Waals surface area (Å²) in [7, 11) is 0. The number of hydrogen-bond donors (Lipinski definition) is 1. The van der Waals surface area contributed by atoms with Crippen molar-refractivity contribution in [2.45, 2.75) is 52.6 Å². The zero-order valence-corrected chi connectivity index (χ0v) is 10.5. The molecule has 0 aromatic rings. The van der Waals surface area contributed by atoms with Crippen LogP contribution in [0.25, 0.3) is 0 Å². The summed E-state index contributed by atoms with van der Waals surface area (Å²) in [5.74, 6) is -1.33. The highest BCUT2D eigenvalue weighted by Crippen LogP contribution is 2.22. The third kappa shape index (κ3) is 8.26. The summed E-state index contributed by atoms with van der Waals surface area (Å²) >= 11 is 0. The Hall–Kier alpha value is -1.57. The van der Waals surface area contributed by atoms with E-state index in [0.29, 0.717) is 6.42 Å². The zero-order valence-electron chi connectivity index (χ0n) is 10.5. The van der Waals surface area contributed by atoms with Gasteiger partial charge < -0.3 is 9.84 Å². The third-order valence-electron chi connectivity index (χ3n) is 2.20. The number of rotatable bonds is 7. The number of aliphatic carboxylic acids is 1. The molecule has 0 spiro atoms. The number of hydrogen-bond acceptors (Lipinski definition) is 4. The van der Waals surface area contributed by atoms with Crippen molar-refractivity contribution in [1.29, 1.82) is 5.26 Å². The molecule has 0 amide bonds. The van der Waals surface area contributed by atoms with Gasteiger partial charge in [-0.05, 0) is 27.2 Å². The summed E-state index contributed by atoms with van der Waals surface area (Å²) in [6, 6.07) is 2.13. The largest absolute Gasteiger partial charge is 0.481 e. The molecule has 0 aliphatic carbocycles. The molecule has 0 aliphatic rings. The van der Waals surface area contributed by atoms with E-state index >= 15 is 0 Å². The van der Waals surface area contributed by atoms with E-state index in [1.165, 1.54) is 0 Å². The van der Waals surface area contributed by atoms with Crippen LogP contribution < -0.4 is 0 Å². The molecule has 0 bridgehead atoms. The summed E-state index contributed by atoms with van der Waals surface area (Å²) in [6.45, 7) is 5.29. The topological polar surface area (TPSA) is 87.4 Å². The van der Waals surface area contributed by atoms with E-state index in [0.717, 1.165) is 0 Å². The number of carbonyl (C=O) groups is 2. The van der Waals surface area contributed by atoms with E-state index in [9.17, 15) is 9.59 Å². The number of carboxylic acid groups (broad SMARTS) is 1. The summed E-state index contributed by atoms with van der Waals surface area (Å²) < 4.78 is 5.09. The molecule has 0 aromatic heterocycles. The van der Waals surface area contributed by atoms with Gasteiger partial charge in [-0.25, -0.2) is 0 Å². The van der Waals surface area contributed by atoms with Crippen molar-refractivity contribution in [1.82, 2.24) is 0 Å². The maximum Gasteiger partial charge on any atom is 0.306 e. The first kappa shape index (κ1) is 15.4. The van der Waals surface area contributed by atoms with Crippen LogP contribution in [-0.2, 0) is 14.3 Å². The Morgan fingerprint density at radius 1 is 1.41 bits per heavy atom. The van der Waals surface area contributed by atoms with Crippen LogP contribution in [0.4, 0.5) is 0 Å². The second kappa shape index (κ2) is 6.89. The van der Waals surface area contributed by atoms with E-state index in [-0.39, 0.29) is 25.4 Å². The SMILES string of the molecule is CC(CC(C)(C)C#N)OC(=O)CCCC(=O)O. The molecule has 0 saturated carbocycles. The third-order valence-corrected chi connectivity index (χ3v) is 2.20. The molecule has 5 nitrogen and oxygen atoms in total. The van der Waals surface area contributed by atoms with Crippen molar-refractivity contribution in [3.63, 3.8) is 0 Å². The fourth-order valence-electron chi connectivity index (χ4n) is 1.47. The lowest BCUT2D eigenvalue weighted by Crippen LogP contribution is -2.22. The van der Waals surface area contributed by atoms with Gasteiger partial charge in [-0.15, -0.1) is 0 Å². The highest BCUT2D eigenvalue weighted by molar-refractivity contribution is 5.71. The van der Waals surface area contributed by atoms with Gasteiger partial charge in [0.15, 0.2) is 0 Å². The Kier molecular flexibility index (Phi) is 6.26. The fraction of sp³-hybridized carbons (Fsp3) is 0.750. The van der Waals surface area contributed by atoms with Crippen molar-refractivity contribution >= 4 is 11.9 Å². The van der Waals surface area contributed by atoms with Crippen molar-refractivity contribution in [3.8, 4) is 6.07 Å². The average molecular weight is 241 g/mol. The first-order chi connectivity index (χ1) is 7.76. The van der Waals surface area contributed by atoms with Gasteiger partial charge in [0, 0.05) is 19.3 Å². The normalized spacial score (nSPS) is 12.6. The Balaban J connectivity index is 3.89. The summed E-state index contributed by atoms with van der Waals surface area (Å²) in [6.07, 6.45) is 0.481. The maximum atomic E-state index is 11.3. The molecule has 0 fully saturated rings. The predicted octanol–water partition coefficient (Wildman–Crippen LogP) is 2.11. The minimum Gasteiger partial charge on any atom is -0.481 e. The number of nitriles is 1. The van der Waals surface area contributed by atoms with E-state index < -0.39 is 17.4 Å². The van der Waals surface area contributed by atoms with Crippen LogP contribution in [-0.4, -0.2) is 23.1 Å². The number of carboxylic acids is 1. The van der Waals surface area contributed by atoms with Crippen LogP contribution in [0.2, 0.25) is 0 Å². The first-order valence-corrected chi connectivity index (χ1v) is 5.59. The van der Waals surface area contributed by atoms with Gasteiger partial charge >= 0.3 is 11.9 Å². The van der Waals surface area contributed by atoms with Crippen molar-refractivity contribution in [2.24, 2.45) is 5.41 Å². The van der Waals surface area contributed by atoms with Crippen LogP contribution in [0, 0.1) is 16.7 Å². The molecule has 0 heterocycles. The molecule has 0 aromatic carbocycles. The maximum absolute atomic E-state index is 11.3. The standard InChI is InChI=1S/C12H19NO4/c1-9(7-12(2,3)8-13)17-11(16)6-4-5-10(14)15/h9H,4-7H2,1-3H3,(H,14,15). The van der Waals surface area contributed by atoms with E-state index in [1.807, 2.05) is 0 Å². The van der Waals surface area contributed by atoms with Crippen molar-refractivity contribution < 1.29 is 19.4 Å². The second-order valence-electron chi connectivity index (χ2n) is 4.75. The Morgan fingerprint density at radius 3 is 2.47 bits per heavy atom. The minimum absolute atomic E-state index is 0.0346. The lowest BCUT2D eigenvalue weighted by molar-refractivity contribution is -0.149. The molecule has 0 rings (SSSR count). The molecule has 0 aliphatic heterocycles. The quantitative estimate of drug-likeness (QED) is 0.690. The van der Waals surface area contributed by atoms with Gasteiger partial charge in [-0.1, -0.05) is 0 Å². The summed E-state index contributed by atoms with van der Waals surface area (Å²) in [5, 5.41) is 17.2. The minimum atomic E-state index is -0.920. The number of nitrogens with zero attached hydrogens (tertiary/aromatic N) is 1. The van der Waals surface area contributed by atoms with Crippen LogP contribution in [0.1, 0.15) is 46.5 Å². The van der Waals surface area contributed by atoms with Gasteiger partial charge in [-0.2, -0.15) is 5.26 Å². The van der Waals surface area contributed by atoms with Crippen LogP contribution >= 0.6 is 0 Å². The number of esters is 1. The van der Waals surface area contributed by atoms with Crippen LogP contribution in [0.15, 0.2) is 0 Å². The van der Waals surface area contributed by atoms with Gasteiger partial charge in [0.05, 0.1) is 11.5 Å². The summed E-state index contributed by atoms with van der Waals surface area (Å²) in [4.78, 5) is 21.6. The molecule has 0 radical (unpaired) electrons. The molecule has 1 unspecified atom stereocenters. The van der Waals surface area contributed by atoms with Gasteiger partial charge in [0.25, 0.3) is 0 Å². The van der Waals surface area contributed by atoms with Crippen LogP contribution in [0.3, 0.4) is 0 Å². The van der Waals surface area contributed by atoms with Gasteiger partial charge in [0.2, 0.25) is 0 Å². The molecule has 5 heteroatoms. The van der Waals surface area contributed by atoms with Crippen LogP contribution in [0.5, 0.6) is 0 Å². The lowest BCUT2D eigenvalue weighted by Gasteiger charge is -2.20. The van der Waals surface area contributed by atoms with Crippen molar-refractivity contribution in [2.75, 3.05) is 0 Å². The Bertz CT molecular complexity index is 317. The molecule has 0 saturated heterocycles. The molecule has 1 atom stereocenters. The van der Waals surface area contributed by atoms with E-state index in [4.69, 9.17) is 15.1 Å². The zero-order chi connectivity index (χ0) is 13.5. The Labute approximate surface area is 101 Å². The summed E-state index contributed by atoms with van der Waals surface area (Å²) in [5.41, 5.74) is -0.527.